The van der Waals surface area contributed by atoms with Crippen LogP contribution in [0.1, 0.15) is 41.5 Å². The summed E-state index contributed by atoms with van der Waals surface area (Å²) < 4.78 is 11.2. The molecule has 2 rings (SSSR count). The van der Waals surface area contributed by atoms with Gasteiger partial charge in [-0.1, -0.05) is 0 Å². The third kappa shape index (κ3) is 2.39. The molecule has 2 unspecified atom stereocenters. The van der Waals surface area contributed by atoms with Gasteiger partial charge in [-0.3, -0.25) is 11.3 Å². The molecule has 1 fully saturated rings. The number of hydrogen-bond donors (Lipinski definition) is 2. The second kappa shape index (κ2) is 5.21. The van der Waals surface area contributed by atoms with Crippen LogP contribution in [0, 0.1) is 26.7 Å². The van der Waals surface area contributed by atoms with Crippen LogP contribution in [0.2, 0.25) is 0 Å². The minimum atomic E-state index is 0.132. The van der Waals surface area contributed by atoms with Crippen LogP contribution in [-0.2, 0) is 4.74 Å². The third-order valence-corrected chi connectivity index (χ3v) is 3.78. The summed E-state index contributed by atoms with van der Waals surface area (Å²) in [7, 11) is 0. The van der Waals surface area contributed by atoms with E-state index in [9.17, 15) is 0 Å². The first kappa shape index (κ1) is 12.6. The highest BCUT2D eigenvalue weighted by Gasteiger charge is 2.29. The van der Waals surface area contributed by atoms with E-state index in [4.69, 9.17) is 15.0 Å². The molecule has 0 spiro atoms. The smallest absolute Gasteiger partial charge is 0.106 e. The lowest BCUT2D eigenvalue weighted by Crippen LogP contribution is -2.37. The van der Waals surface area contributed by atoms with E-state index in [0.717, 1.165) is 37.6 Å². The van der Waals surface area contributed by atoms with Gasteiger partial charge in [-0.05, 0) is 39.2 Å². The molecule has 0 aromatic carbocycles. The third-order valence-electron chi connectivity index (χ3n) is 3.78. The van der Waals surface area contributed by atoms with Crippen molar-refractivity contribution >= 4 is 0 Å². The fourth-order valence-electron chi connectivity index (χ4n) is 2.75. The molecule has 0 saturated carbocycles. The number of nitrogens with two attached hydrogens (primary N) is 1. The normalized spacial score (nSPS) is 22.7. The number of furan rings is 1. The number of ether oxygens (including phenoxy) is 1. The summed E-state index contributed by atoms with van der Waals surface area (Å²) in [6, 6.07) is 0.132. The largest absolute Gasteiger partial charge is 0.466 e. The molecular formula is C13H22N2O2. The molecule has 2 atom stereocenters. The lowest BCUT2D eigenvalue weighted by atomic mass is 9.87. The van der Waals surface area contributed by atoms with E-state index in [0.29, 0.717) is 5.92 Å². The summed E-state index contributed by atoms with van der Waals surface area (Å²) in [4.78, 5) is 0. The monoisotopic (exact) mass is 238 g/mol. The summed E-state index contributed by atoms with van der Waals surface area (Å²) >= 11 is 0. The fourth-order valence-corrected chi connectivity index (χ4v) is 2.75. The summed E-state index contributed by atoms with van der Waals surface area (Å²) in [5.74, 6) is 8.12. The molecule has 96 valence electrons. The summed E-state index contributed by atoms with van der Waals surface area (Å²) in [6.07, 6.45) is 2.26. The number of aryl methyl sites for hydroxylation is 2. The maximum Gasteiger partial charge on any atom is 0.106 e. The van der Waals surface area contributed by atoms with Gasteiger partial charge in [0.05, 0.1) is 12.6 Å². The van der Waals surface area contributed by atoms with Gasteiger partial charge in [0.25, 0.3) is 0 Å². The average molecular weight is 238 g/mol. The van der Waals surface area contributed by atoms with Crippen LogP contribution in [0.3, 0.4) is 0 Å². The van der Waals surface area contributed by atoms with Crippen LogP contribution in [0.25, 0.3) is 0 Å². The van der Waals surface area contributed by atoms with Gasteiger partial charge >= 0.3 is 0 Å². The minimum absolute atomic E-state index is 0.132. The molecule has 4 heteroatoms. The molecule has 0 radical (unpaired) electrons. The standard InChI is InChI=1S/C13H22N2O2/c1-8-9(2)17-10(3)12(8)13(15-14)11-5-4-6-16-7-11/h11,13,15H,4-7,14H2,1-3H3. The Morgan fingerprint density at radius 2 is 2.06 bits per heavy atom. The van der Waals surface area contributed by atoms with Crippen LogP contribution in [0.4, 0.5) is 0 Å². The van der Waals surface area contributed by atoms with E-state index in [1.54, 1.807) is 0 Å². The van der Waals surface area contributed by atoms with Gasteiger partial charge < -0.3 is 9.15 Å². The fraction of sp³-hybridized carbons (Fsp3) is 0.692. The summed E-state index contributed by atoms with van der Waals surface area (Å²) in [5.41, 5.74) is 5.36. The highest BCUT2D eigenvalue weighted by molar-refractivity contribution is 5.34. The van der Waals surface area contributed by atoms with E-state index in [2.05, 4.69) is 12.3 Å². The molecule has 2 heterocycles. The van der Waals surface area contributed by atoms with Gasteiger partial charge in [-0.15, -0.1) is 0 Å². The number of hydrazine groups is 1. The number of hydrogen-bond acceptors (Lipinski definition) is 4. The second-order valence-corrected chi connectivity index (χ2v) is 4.87. The molecule has 1 saturated heterocycles. The minimum Gasteiger partial charge on any atom is -0.466 e. The first-order valence-electron chi connectivity index (χ1n) is 6.25. The maximum absolute atomic E-state index is 5.74. The first-order valence-corrected chi connectivity index (χ1v) is 6.25. The Bertz CT molecular complexity index is 381. The zero-order valence-corrected chi connectivity index (χ0v) is 10.9. The van der Waals surface area contributed by atoms with Crippen molar-refractivity contribution in [3.05, 3.63) is 22.6 Å². The van der Waals surface area contributed by atoms with E-state index in [1.165, 1.54) is 11.1 Å². The molecule has 0 amide bonds. The van der Waals surface area contributed by atoms with Gasteiger partial charge in [-0.2, -0.15) is 0 Å². The Kier molecular flexibility index (Phi) is 3.86. The summed E-state index contributed by atoms with van der Waals surface area (Å²) in [5, 5.41) is 0. The van der Waals surface area contributed by atoms with Crippen LogP contribution in [-0.4, -0.2) is 13.2 Å². The van der Waals surface area contributed by atoms with Crippen molar-refractivity contribution in [3.8, 4) is 0 Å². The van der Waals surface area contributed by atoms with Crippen molar-refractivity contribution in [2.24, 2.45) is 11.8 Å². The molecule has 17 heavy (non-hydrogen) atoms. The Hall–Kier alpha value is -0.840. The highest BCUT2D eigenvalue weighted by Crippen LogP contribution is 2.34. The zero-order chi connectivity index (χ0) is 12.4. The van der Waals surface area contributed by atoms with Crippen molar-refractivity contribution in [1.82, 2.24) is 5.43 Å². The van der Waals surface area contributed by atoms with Crippen LogP contribution in [0.5, 0.6) is 0 Å². The van der Waals surface area contributed by atoms with Gasteiger partial charge in [0.1, 0.15) is 11.5 Å². The zero-order valence-electron chi connectivity index (χ0n) is 10.9. The maximum atomic E-state index is 5.74. The lowest BCUT2D eigenvalue weighted by molar-refractivity contribution is 0.0387. The Balaban J connectivity index is 2.27. The number of nitrogens with one attached hydrogen (secondary N) is 1. The first-order chi connectivity index (χ1) is 8.15. The van der Waals surface area contributed by atoms with Crippen molar-refractivity contribution in [2.75, 3.05) is 13.2 Å². The van der Waals surface area contributed by atoms with Crippen molar-refractivity contribution in [2.45, 2.75) is 39.7 Å². The topological polar surface area (TPSA) is 60.4 Å². The second-order valence-electron chi connectivity index (χ2n) is 4.87. The van der Waals surface area contributed by atoms with Gasteiger partial charge in [-0.25, -0.2) is 0 Å². The SMILES string of the molecule is Cc1oc(C)c(C(NN)C2CCCOC2)c1C. The molecule has 0 aliphatic carbocycles. The molecule has 4 nitrogen and oxygen atoms in total. The Labute approximate surface area is 102 Å². The van der Waals surface area contributed by atoms with E-state index in [1.807, 2.05) is 13.8 Å². The van der Waals surface area contributed by atoms with Crippen LogP contribution >= 0.6 is 0 Å². The quantitative estimate of drug-likeness (QED) is 0.625. The molecule has 0 bridgehead atoms. The van der Waals surface area contributed by atoms with Crippen LogP contribution < -0.4 is 11.3 Å². The molecule has 1 aromatic heterocycles. The van der Waals surface area contributed by atoms with Gasteiger partial charge in [0.2, 0.25) is 0 Å². The average Bonchev–Trinajstić information content (AvgIpc) is 2.58. The molecule has 3 N–H and O–H groups in total. The lowest BCUT2D eigenvalue weighted by Gasteiger charge is -2.30. The molecule has 1 aliphatic heterocycles. The molecule has 1 aromatic rings. The Morgan fingerprint density at radius 1 is 1.29 bits per heavy atom. The Morgan fingerprint density at radius 3 is 2.53 bits per heavy atom. The molecule has 1 aliphatic rings. The predicted molar refractivity (Wildman–Crippen MR) is 66.5 cm³/mol. The van der Waals surface area contributed by atoms with Gasteiger partial charge in [0, 0.05) is 18.1 Å². The number of rotatable bonds is 3. The van der Waals surface area contributed by atoms with Crippen molar-refractivity contribution in [3.63, 3.8) is 0 Å². The van der Waals surface area contributed by atoms with Crippen molar-refractivity contribution in [1.29, 1.82) is 0 Å². The molecular weight excluding hydrogens is 216 g/mol. The summed E-state index contributed by atoms with van der Waals surface area (Å²) in [6.45, 7) is 7.74. The van der Waals surface area contributed by atoms with E-state index in [-0.39, 0.29) is 6.04 Å². The highest BCUT2D eigenvalue weighted by atomic mass is 16.5. The predicted octanol–water partition coefficient (Wildman–Crippen LogP) is 2.14. The van der Waals surface area contributed by atoms with Crippen LogP contribution in [0.15, 0.2) is 4.42 Å². The van der Waals surface area contributed by atoms with E-state index < -0.39 is 0 Å². The van der Waals surface area contributed by atoms with Gasteiger partial charge in [0.15, 0.2) is 0 Å². The van der Waals surface area contributed by atoms with Crippen molar-refractivity contribution < 1.29 is 9.15 Å². The van der Waals surface area contributed by atoms with E-state index >= 15 is 0 Å².